The van der Waals surface area contributed by atoms with Crippen molar-refractivity contribution < 1.29 is 23.1 Å². The molecule has 2 heterocycles. The van der Waals surface area contributed by atoms with E-state index in [-0.39, 0.29) is 45.5 Å². The van der Waals surface area contributed by atoms with Gasteiger partial charge >= 0.3 is 5.97 Å². The highest BCUT2D eigenvalue weighted by Crippen LogP contribution is 2.40. The van der Waals surface area contributed by atoms with Crippen molar-refractivity contribution in [3.63, 3.8) is 0 Å². The normalized spacial score (nSPS) is 12.4. The number of carboxylic acids is 1. The Morgan fingerprint density at radius 3 is 2.50 bits per heavy atom. The van der Waals surface area contributed by atoms with Gasteiger partial charge in [0.1, 0.15) is 17.7 Å². The van der Waals surface area contributed by atoms with E-state index in [1.165, 1.54) is 6.20 Å². The zero-order chi connectivity index (χ0) is 26.2. The fraction of sp³-hybridized carbons (Fsp3) is 0.222. The van der Waals surface area contributed by atoms with Gasteiger partial charge in [-0.1, -0.05) is 51.1 Å². The van der Waals surface area contributed by atoms with Gasteiger partial charge < -0.3 is 15.4 Å². The molecule has 0 fully saturated rings. The topological polar surface area (TPSA) is 102 Å². The molecule has 0 aliphatic rings. The monoisotopic (exact) mass is 492 g/mol. The average Bonchev–Trinajstić information content (AvgIpc) is 3.23. The number of halogens is 3. The summed E-state index contributed by atoms with van der Waals surface area (Å²) in [6, 6.07) is 11.5. The third-order valence-corrected chi connectivity index (χ3v) is 6.01. The molecule has 0 aliphatic carbocycles. The minimum atomic E-state index is -1.08. The molecular weight excluding hydrogens is 469 g/mol. The van der Waals surface area contributed by atoms with Crippen molar-refractivity contribution in [3.05, 3.63) is 71.7 Å². The van der Waals surface area contributed by atoms with Crippen molar-refractivity contribution in [2.75, 3.05) is 5.32 Å². The summed E-state index contributed by atoms with van der Waals surface area (Å²) in [4.78, 5) is 18.6. The Morgan fingerprint density at radius 1 is 1.19 bits per heavy atom. The van der Waals surface area contributed by atoms with Crippen LogP contribution in [0.1, 0.15) is 32.8 Å². The van der Waals surface area contributed by atoms with Crippen molar-refractivity contribution >= 4 is 22.7 Å². The summed E-state index contributed by atoms with van der Waals surface area (Å²) in [6.45, 7) is 5.41. The lowest BCUT2D eigenvalue weighted by molar-refractivity contribution is -0.137. The van der Waals surface area contributed by atoms with E-state index in [2.05, 4.69) is 15.3 Å². The van der Waals surface area contributed by atoms with Crippen molar-refractivity contribution in [2.45, 2.75) is 33.2 Å². The van der Waals surface area contributed by atoms with Crippen molar-refractivity contribution in [3.8, 4) is 28.5 Å². The Hall–Kier alpha value is -4.32. The second kappa shape index (κ2) is 9.38. The van der Waals surface area contributed by atoms with Crippen LogP contribution >= 0.6 is 0 Å². The number of aromatic nitrogens is 2. The number of pyridine rings is 1. The van der Waals surface area contributed by atoms with E-state index in [0.29, 0.717) is 5.56 Å². The standard InChI is InChI=1S/C27H23F3N4O2/c1-27(2,3)20(11-21(35)36)33-26-23(30)22(14-7-5-4-6-8-14)17(12-31)24(34-26)18-13-32-25-16(18)9-15(28)10-19(25)29/h4-10,13,20,32H,11H2,1-3H3,(H,33,34)(H,35,36)/t20-/m1/s1. The van der Waals surface area contributed by atoms with Crippen LogP contribution in [0.2, 0.25) is 0 Å². The van der Waals surface area contributed by atoms with Gasteiger partial charge in [-0.05, 0) is 17.0 Å². The molecule has 36 heavy (non-hydrogen) atoms. The first-order valence-electron chi connectivity index (χ1n) is 11.1. The summed E-state index contributed by atoms with van der Waals surface area (Å²) in [5.41, 5.74) is -0.178. The molecule has 4 rings (SSSR count). The average molecular weight is 493 g/mol. The van der Waals surface area contributed by atoms with Gasteiger partial charge in [-0.25, -0.2) is 18.2 Å². The van der Waals surface area contributed by atoms with Crippen LogP contribution in [-0.2, 0) is 4.79 Å². The van der Waals surface area contributed by atoms with Gasteiger partial charge in [0.05, 0.1) is 23.2 Å². The number of aromatic amines is 1. The SMILES string of the molecule is CC(C)(C)[C@@H](CC(=O)O)Nc1nc(-c2c[nH]c3c(F)cc(F)cc23)c(C#N)c(-c2ccccc2)c1F. The van der Waals surface area contributed by atoms with Crippen LogP contribution < -0.4 is 5.32 Å². The number of nitriles is 1. The molecule has 2 aromatic heterocycles. The number of carbonyl (C=O) groups is 1. The summed E-state index contributed by atoms with van der Waals surface area (Å²) >= 11 is 0. The quantitative estimate of drug-likeness (QED) is 0.286. The van der Waals surface area contributed by atoms with Gasteiger partial charge in [0.15, 0.2) is 11.6 Å². The maximum Gasteiger partial charge on any atom is 0.305 e. The second-order valence-corrected chi connectivity index (χ2v) is 9.52. The maximum atomic E-state index is 16.0. The first-order chi connectivity index (χ1) is 17.0. The van der Waals surface area contributed by atoms with Crippen LogP contribution in [0, 0.1) is 34.2 Å². The number of fused-ring (bicyclic) bond motifs is 1. The minimum Gasteiger partial charge on any atom is -0.481 e. The summed E-state index contributed by atoms with van der Waals surface area (Å²) in [5.74, 6) is -3.83. The second-order valence-electron chi connectivity index (χ2n) is 9.52. The van der Waals surface area contributed by atoms with E-state index in [9.17, 15) is 23.9 Å². The lowest BCUT2D eigenvalue weighted by Crippen LogP contribution is -2.36. The molecule has 0 amide bonds. The summed E-state index contributed by atoms with van der Waals surface area (Å²) in [5, 5.41) is 22.5. The molecule has 9 heteroatoms. The predicted molar refractivity (Wildman–Crippen MR) is 131 cm³/mol. The Morgan fingerprint density at radius 2 is 1.89 bits per heavy atom. The third-order valence-electron chi connectivity index (χ3n) is 6.01. The molecule has 4 aromatic rings. The van der Waals surface area contributed by atoms with E-state index in [4.69, 9.17) is 0 Å². The molecule has 1 atom stereocenters. The summed E-state index contributed by atoms with van der Waals surface area (Å²) in [6.07, 6.45) is 1.06. The molecule has 3 N–H and O–H groups in total. The summed E-state index contributed by atoms with van der Waals surface area (Å²) < 4.78 is 44.5. The first-order valence-corrected chi connectivity index (χ1v) is 11.1. The number of H-pyrrole nitrogens is 1. The predicted octanol–water partition coefficient (Wildman–Crippen LogP) is 6.49. The first kappa shape index (κ1) is 24.8. The highest BCUT2D eigenvalue weighted by molar-refractivity contribution is 5.98. The number of nitrogens with zero attached hydrogens (tertiary/aromatic N) is 2. The minimum absolute atomic E-state index is 0.000475. The van der Waals surface area contributed by atoms with Gasteiger partial charge in [-0.2, -0.15) is 5.26 Å². The number of anilines is 1. The van der Waals surface area contributed by atoms with E-state index in [0.717, 1.165) is 12.1 Å². The molecule has 0 radical (unpaired) electrons. The molecule has 2 aromatic carbocycles. The number of nitrogens with one attached hydrogen (secondary N) is 2. The largest absolute Gasteiger partial charge is 0.481 e. The highest BCUT2D eigenvalue weighted by Gasteiger charge is 2.31. The van der Waals surface area contributed by atoms with Gasteiger partial charge in [-0.3, -0.25) is 4.79 Å². The Balaban J connectivity index is 2.04. The molecule has 0 unspecified atom stereocenters. The van der Waals surface area contributed by atoms with Crippen molar-refractivity contribution in [2.24, 2.45) is 5.41 Å². The van der Waals surface area contributed by atoms with Crippen LogP contribution in [-0.4, -0.2) is 27.1 Å². The maximum absolute atomic E-state index is 16.0. The number of carboxylic acid groups (broad SMARTS) is 1. The van der Waals surface area contributed by atoms with E-state index in [1.54, 1.807) is 51.1 Å². The highest BCUT2D eigenvalue weighted by atomic mass is 19.1. The van der Waals surface area contributed by atoms with E-state index >= 15 is 4.39 Å². The smallest absolute Gasteiger partial charge is 0.305 e. The van der Waals surface area contributed by atoms with Gasteiger partial charge in [0.25, 0.3) is 0 Å². The van der Waals surface area contributed by atoms with Crippen LogP contribution in [0.15, 0.2) is 48.7 Å². The van der Waals surface area contributed by atoms with Crippen molar-refractivity contribution in [1.82, 2.24) is 9.97 Å². The van der Waals surface area contributed by atoms with Crippen LogP contribution in [0.3, 0.4) is 0 Å². The molecule has 6 nitrogen and oxygen atoms in total. The molecular formula is C27H23F3N4O2. The van der Waals surface area contributed by atoms with Crippen molar-refractivity contribution in [1.29, 1.82) is 5.26 Å². The Bertz CT molecular complexity index is 1500. The van der Waals surface area contributed by atoms with Crippen LogP contribution in [0.25, 0.3) is 33.3 Å². The lowest BCUT2D eigenvalue weighted by Gasteiger charge is -2.31. The van der Waals surface area contributed by atoms with Crippen LogP contribution in [0.5, 0.6) is 0 Å². The number of rotatable bonds is 6. The lowest BCUT2D eigenvalue weighted by atomic mass is 9.84. The Labute approximate surface area is 205 Å². The fourth-order valence-corrected chi connectivity index (χ4v) is 4.10. The molecule has 0 spiro atoms. The molecule has 184 valence electrons. The number of hydrogen-bond donors (Lipinski definition) is 3. The zero-order valence-electron chi connectivity index (χ0n) is 19.8. The van der Waals surface area contributed by atoms with E-state index in [1.807, 2.05) is 6.07 Å². The third kappa shape index (κ3) is 4.62. The zero-order valence-corrected chi connectivity index (χ0v) is 19.8. The molecule has 0 saturated heterocycles. The van der Waals surface area contributed by atoms with Gasteiger partial charge in [0.2, 0.25) is 0 Å². The van der Waals surface area contributed by atoms with Crippen LogP contribution in [0.4, 0.5) is 19.0 Å². The molecule has 0 aliphatic heterocycles. The Kier molecular flexibility index (Phi) is 6.46. The molecule has 0 saturated carbocycles. The molecule has 0 bridgehead atoms. The summed E-state index contributed by atoms with van der Waals surface area (Å²) in [7, 11) is 0. The number of benzene rings is 2. The fourth-order valence-electron chi connectivity index (χ4n) is 4.10. The van der Waals surface area contributed by atoms with E-state index < -0.39 is 34.9 Å². The van der Waals surface area contributed by atoms with Gasteiger partial charge in [-0.15, -0.1) is 0 Å². The van der Waals surface area contributed by atoms with Gasteiger partial charge in [0, 0.05) is 34.8 Å². The number of hydrogen-bond acceptors (Lipinski definition) is 4. The number of aliphatic carboxylic acids is 1.